The van der Waals surface area contributed by atoms with Crippen LogP contribution in [0.3, 0.4) is 0 Å². The van der Waals surface area contributed by atoms with Gasteiger partial charge in [-0.25, -0.2) is 9.97 Å². The minimum Gasteiger partial charge on any atom is -0.276 e. The average Bonchev–Trinajstić information content (AvgIpc) is 3.75. The van der Waals surface area contributed by atoms with Crippen molar-refractivity contribution in [1.29, 1.82) is 0 Å². The molecule has 0 fully saturated rings. The van der Waals surface area contributed by atoms with Gasteiger partial charge in [0.1, 0.15) is 0 Å². The Morgan fingerprint density at radius 3 is 2.11 bits per heavy atom. The molecule has 222 valence electrons. The summed E-state index contributed by atoms with van der Waals surface area (Å²) < 4.78 is 3.61. The van der Waals surface area contributed by atoms with Crippen LogP contribution in [0.2, 0.25) is 0 Å². The fourth-order valence-electron chi connectivity index (χ4n) is 7.82. The third-order valence-electron chi connectivity index (χ3n) is 10.00. The van der Waals surface area contributed by atoms with Gasteiger partial charge in [0, 0.05) is 32.0 Å². The molecule has 0 bridgehead atoms. The van der Waals surface area contributed by atoms with Gasteiger partial charge in [0.25, 0.3) is 0 Å². The van der Waals surface area contributed by atoms with E-state index in [0.717, 1.165) is 27.7 Å². The Balaban J connectivity index is 1.35. The van der Waals surface area contributed by atoms with Crippen molar-refractivity contribution in [1.82, 2.24) is 14.5 Å². The van der Waals surface area contributed by atoms with E-state index in [1.165, 1.54) is 59.1 Å². The summed E-state index contributed by atoms with van der Waals surface area (Å²) >= 11 is 1.91. The maximum Gasteiger partial charge on any atom is 0.235 e. The van der Waals surface area contributed by atoms with E-state index in [9.17, 15) is 0 Å². The second-order valence-electron chi connectivity index (χ2n) is 13.0. The molecule has 0 N–H and O–H groups in total. The van der Waals surface area contributed by atoms with Gasteiger partial charge < -0.3 is 0 Å². The Kier molecular flexibility index (Phi) is 5.50. The summed E-state index contributed by atoms with van der Waals surface area (Å²) in [7, 11) is 0. The Labute approximate surface area is 276 Å². The minimum absolute atomic E-state index is 0.0882. The maximum absolute atomic E-state index is 5.39. The number of rotatable bonds is 3. The number of para-hydroxylation sites is 1. The first kappa shape index (κ1) is 26.6. The molecule has 0 unspecified atom stereocenters. The van der Waals surface area contributed by atoms with Gasteiger partial charge in [-0.3, -0.25) is 4.57 Å². The Morgan fingerprint density at radius 1 is 0.574 bits per heavy atom. The lowest BCUT2D eigenvalue weighted by molar-refractivity contribution is 0.667. The van der Waals surface area contributed by atoms with E-state index in [4.69, 9.17) is 9.97 Å². The third-order valence-corrected chi connectivity index (χ3v) is 11.2. The van der Waals surface area contributed by atoms with Gasteiger partial charge in [-0.2, -0.15) is 0 Å². The van der Waals surface area contributed by atoms with E-state index >= 15 is 0 Å². The van der Waals surface area contributed by atoms with Gasteiger partial charge in [-0.05, 0) is 51.4 Å². The zero-order chi connectivity index (χ0) is 31.3. The summed E-state index contributed by atoms with van der Waals surface area (Å²) in [4.78, 5) is 12.0. The van der Waals surface area contributed by atoms with Gasteiger partial charge >= 0.3 is 0 Å². The number of fused-ring (bicyclic) bond motifs is 10. The minimum atomic E-state index is -0.0882. The van der Waals surface area contributed by atoms with E-state index in [2.05, 4.69) is 158 Å². The van der Waals surface area contributed by atoms with E-state index < -0.39 is 0 Å². The van der Waals surface area contributed by atoms with Crippen molar-refractivity contribution in [3.05, 3.63) is 151 Å². The summed E-state index contributed by atoms with van der Waals surface area (Å²) in [6.45, 7) is 4.74. The summed E-state index contributed by atoms with van der Waals surface area (Å²) in [6, 6.07) is 49.9. The molecule has 1 aliphatic carbocycles. The zero-order valence-corrected chi connectivity index (χ0v) is 26.8. The van der Waals surface area contributed by atoms with Crippen LogP contribution in [0.5, 0.6) is 0 Å². The summed E-state index contributed by atoms with van der Waals surface area (Å²) in [5.41, 5.74) is 11.7. The molecule has 6 aromatic carbocycles. The highest BCUT2D eigenvalue weighted by Crippen LogP contribution is 2.56. The van der Waals surface area contributed by atoms with Gasteiger partial charge in [-0.1, -0.05) is 135 Å². The van der Waals surface area contributed by atoms with Crippen LogP contribution < -0.4 is 0 Å². The quantitative estimate of drug-likeness (QED) is 0.197. The molecule has 47 heavy (non-hydrogen) atoms. The second kappa shape index (κ2) is 9.71. The Bertz CT molecular complexity index is 2700. The predicted molar refractivity (Wildman–Crippen MR) is 198 cm³/mol. The van der Waals surface area contributed by atoms with E-state index in [1.807, 2.05) is 11.3 Å². The monoisotopic (exact) mass is 619 g/mol. The SMILES string of the molecule is CC1(C)c2ccccc2-c2sc3c(ccc4c5cc(-c6ccccc6)ccc5n(-c5nc(-c6ccccc6)c6ccccc6n5)c43)c21. The van der Waals surface area contributed by atoms with E-state index in [0.29, 0.717) is 5.95 Å². The molecule has 4 heteroatoms. The highest BCUT2D eigenvalue weighted by molar-refractivity contribution is 7.23. The van der Waals surface area contributed by atoms with Crippen LogP contribution in [-0.2, 0) is 5.41 Å². The molecule has 0 amide bonds. The topological polar surface area (TPSA) is 30.7 Å². The lowest BCUT2D eigenvalue weighted by atomic mass is 9.81. The molecule has 3 aromatic heterocycles. The molecular formula is C43H29N3S. The Hall–Kier alpha value is -5.58. The molecule has 0 radical (unpaired) electrons. The van der Waals surface area contributed by atoms with Crippen molar-refractivity contribution in [2.45, 2.75) is 19.3 Å². The summed E-state index contributed by atoms with van der Waals surface area (Å²) in [6.07, 6.45) is 0. The van der Waals surface area contributed by atoms with E-state index in [1.54, 1.807) is 0 Å². The van der Waals surface area contributed by atoms with Crippen molar-refractivity contribution < 1.29 is 0 Å². The number of aromatic nitrogens is 3. The molecule has 0 saturated heterocycles. The fourth-order valence-corrected chi connectivity index (χ4v) is 9.36. The van der Waals surface area contributed by atoms with Gasteiger partial charge in [-0.15, -0.1) is 11.3 Å². The lowest BCUT2D eigenvalue weighted by Gasteiger charge is -2.21. The van der Waals surface area contributed by atoms with Crippen molar-refractivity contribution in [3.8, 4) is 38.8 Å². The van der Waals surface area contributed by atoms with Crippen molar-refractivity contribution in [3.63, 3.8) is 0 Å². The average molecular weight is 620 g/mol. The molecule has 1 aliphatic rings. The highest BCUT2D eigenvalue weighted by Gasteiger charge is 2.39. The largest absolute Gasteiger partial charge is 0.276 e. The summed E-state index contributed by atoms with van der Waals surface area (Å²) in [5, 5.41) is 4.78. The van der Waals surface area contributed by atoms with Crippen LogP contribution in [0.15, 0.2) is 140 Å². The van der Waals surface area contributed by atoms with Gasteiger partial charge in [0.2, 0.25) is 5.95 Å². The molecule has 10 rings (SSSR count). The Morgan fingerprint density at radius 2 is 1.28 bits per heavy atom. The standard InChI is InChI=1S/C43H29N3S/c1-43(2)34-19-11-9-17-30(34)40-37(43)32-23-22-29-33-25-28(26-13-5-3-6-14-26)21-24-36(33)46(39(29)41(32)47-40)42-44-35-20-12-10-18-31(35)38(45-42)27-15-7-4-8-16-27/h3-25H,1-2H3. The van der Waals surface area contributed by atoms with Gasteiger partial charge in [0.15, 0.2) is 0 Å². The molecule has 9 aromatic rings. The number of hydrogen-bond acceptors (Lipinski definition) is 3. The molecule has 0 saturated carbocycles. The smallest absolute Gasteiger partial charge is 0.235 e. The van der Waals surface area contributed by atoms with Crippen molar-refractivity contribution >= 4 is 54.1 Å². The number of nitrogens with zero attached hydrogens (tertiary/aromatic N) is 3. The molecule has 0 spiro atoms. The van der Waals surface area contributed by atoms with Crippen LogP contribution in [0.4, 0.5) is 0 Å². The molecular weight excluding hydrogens is 591 g/mol. The second-order valence-corrected chi connectivity index (χ2v) is 14.0. The molecule has 0 atom stereocenters. The maximum atomic E-state index is 5.39. The van der Waals surface area contributed by atoms with Crippen molar-refractivity contribution in [2.24, 2.45) is 0 Å². The molecule has 3 heterocycles. The van der Waals surface area contributed by atoms with Crippen LogP contribution >= 0.6 is 11.3 Å². The summed E-state index contributed by atoms with van der Waals surface area (Å²) in [5.74, 6) is 0.690. The van der Waals surface area contributed by atoms with Crippen LogP contribution in [0.1, 0.15) is 25.0 Å². The van der Waals surface area contributed by atoms with Crippen LogP contribution in [0, 0.1) is 0 Å². The fraction of sp³-hybridized carbons (Fsp3) is 0.0698. The third kappa shape index (κ3) is 3.73. The van der Waals surface area contributed by atoms with Gasteiger partial charge in [0.05, 0.1) is 26.9 Å². The van der Waals surface area contributed by atoms with Crippen LogP contribution in [-0.4, -0.2) is 14.5 Å². The van der Waals surface area contributed by atoms with Crippen molar-refractivity contribution in [2.75, 3.05) is 0 Å². The first-order chi connectivity index (χ1) is 23.1. The first-order valence-corrected chi connectivity index (χ1v) is 16.9. The number of hydrogen-bond donors (Lipinski definition) is 0. The number of benzene rings is 6. The van der Waals surface area contributed by atoms with Crippen LogP contribution in [0.25, 0.3) is 81.6 Å². The zero-order valence-electron chi connectivity index (χ0n) is 26.0. The molecule has 0 aliphatic heterocycles. The number of thiophene rings is 1. The highest BCUT2D eigenvalue weighted by atomic mass is 32.1. The first-order valence-electron chi connectivity index (χ1n) is 16.1. The molecule has 3 nitrogen and oxygen atoms in total. The lowest BCUT2D eigenvalue weighted by Crippen LogP contribution is -2.14. The normalized spacial score (nSPS) is 13.5. The predicted octanol–water partition coefficient (Wildman–Crippen LogP) is 11.6. The van der Waals surface area contributed by atoms with E-state index in [-0.39, 0.29) is 5.41 Å².